The molecule has 0 spiro atoms. The van der Waals surface area contributed by atoms with Crippen LogP contribution in [0.25, 0.3) is 0 Å². The van der Waals surface area contributed by atoms with Gasteiger partial charge in [0.2, 0.25) is 5.91 Å². The van der Waals surface area contributed by atoms with Crippen molar-refractivity contribution in [2.45, 2.75) is 39.2 Å². The number of aromatic nitrogens is 4. The molecule has 0 bridgehead atoms. The first-order valence-corrected chi connectivity index (χ1v) is 7.37. The first kappa shape index (κ1) is 20.1. The zero-order valence-electron chi connectivity index (χ0n) is 13.5. The highest BCUT2D eigenvalue weighted by Crippen LogP contribution is 2.37. The van der Waals surface area contributed by atoms with Gasteiger partial charge in [-0.1, -0.05) is 11.6 Å². The lowest BCUT2D eigenvalue weighted by atomic mass is 10.2. The number of nitrogens with one attached hydrogen (secondary N) is 2. The number of H-pyrrole nitrogens is 1. The van der Waals surface area contributed by atoms with Gasteiger partial charge < -0.3 is 5.32 Å². The predicted octanol–water partition coefficient (Wildman–Crippen LogP) is 4.11. The number of hydrogen-bond donors (Lipinski definition) is 2. The highest BCUT2D eigenvalue weighted by atomic mass is 35.5. The van der Waals surface area contributed by atoms with E-state index in [2.05, 4.69) is 15.3 Å². The summed E-state index contributed by atoms with van der Waals surface area (Å²) < 4.78 is 77.9. The second kappa shape index (κ2) is 6.49. The molecule has 2 heterocycles. The lowest BCUT2D eigenvalue weighted by molar-refractivity contribution is -0.142. The zero-order valence-corrected chi connectivity index (χ0v) is 14.2. The van der Waals surface area contributed by atoms with E-state index in [1.54, 1.807) is 0 Å². The van der Waals surface area contributed by atoms with E-state index < -0.39 is 46.4 Å². The molecule has 1 amide bonds. The van der Waals surface area contributed by atoms with Gasteiger partial charge in [0.05, 0.1) is 22.1 Å². The van der Waals surface area contributed by atoms with Crippen molar-refractivity contribution in [1.82, 2.24) is 20.0 Å². The van der Waals surface area contributed by atoms with E-state index in [1.807, 2.05) is 5.32 Å². The van der Waals surface area contributed by atoms with Crippen molar-refractivity contribution in [1.29, 1.82) is 0 Å². The molecule has 13 heteroatoms. The molecule has 0 saturated carbocycles. The largest absolute Gasteiger partial charge is 0.437 e. The number of aromatic amines is 1. The molecule has 1 atom stereocenters. The van der Waals surface area contributed by atoms with Gasteiger partial charge in [-0.2, -0.15) is 36.5 Å². The van der Waals surface area contributed by atoms with Crippen LogP contribution >= 0.6 is 11.6 Å². The average Bonchev–Trinajstić information content (AvgIpc) is 2.99. The van der Waals surface area contributed by atoms with Gasteiger partial charge in [-0.15, -0.1) is 0 Å². The molecule has 0 fully saturated rings. The molecule has 2 N–H and O–H groups in total. The van der Waals surface area contributed by atoms with Crippen LogP contribution in [0.5, 0.6) is 0 Å². The lowest BCUT2D eigenvalue weighted by Crippen LogP contribution is -2.26. The fraction of sp³-hybridized carbons (Fsp3) is 0.462. The van der Waals surface area contributed by atoms with Crippen LogP contribution in [0, 0.1) is 13.8 Å². The Morgan fingerprint density at radius 2 is 1.69 bits per heavy atom. The van der Waals surface area contributed by atoms with Gasteiger partial charge in [0.1, 0.15) is 6.04 Å². The van der Waals surface area contributed by atoms with Crippen LogP contribution < -0.4 is 5.32 Å². The van der Waals surface area contributed by atoms with E-state index in [0.717, 1.165) is 0 Å². The van der Waals surface area contributed by atoms with E-state index in [4.69, 9.17) is 11.6 Å². The quantitative estimate of drug-likeness (QED) is 0.757. The molecule has 144 valence electrons. The molecule has 26 heavy (non-hydrogen) atoms. The number of nitrogens with zero attached hydrogens (tertiary/aromatic N) is 3. The number of halogens is 7. The molecule has 0 radical (unpaired) electrons. The van der Waals surface area contributed by atoms with Gasteiger partial charge >= 0.3 is 12.4 Å². The predicted molar refractivity (Wildman–Crippen MR) is 78.6 cm³/mol. The van der Waals surface area contributed by atoms with Gasteiger partial charge in [0.15, 0.2) is 11.4 Å². The number of anilines is 1. The molecule has 0 aliphatic carbocycles. The molecule has 0 aliphatic rings. The molecule has 6 nitrogen and oxygen atoms in total. The molecular weight excluding hydrogens is 392 g/mol. The number of carbonyl (C=O) groups excluding carboxylic acids is 1. The van der Waals surface area contributed by atoms with E-state index >= 15 is 0 Å². The van der Waals surface area contributed by atoms with Crippen LogP contribution in [0.1, 0.15) is 35.7 Å². The van der Waals surface area contributed by atoms with E-state index in [9.17, 15) is 31.1 Å². The number of amides is 1. The minimum atomic E-state index is -4.84. The molecule has 2 aromatic heterocycles. The summed E-state index contributed by atoms with van der Waals surface area (Å²) in [6.07, 6.45) is -9.67. The van der Waals surface area contributed by atoms with Crippen molar-refractivity contribution in [2.24, 2.45) is 0 Å². The third-order valence-corrected chi connectivity index (χ3v) is 4.01. The number of hydrogen-bond acceptors (Lipinski definition) is 3. The second-order valence-corrected chi connectivity index (χ2v) is 5.80. The number of rotatable bonds is 3. The topological polar surface area (TPSA) is 75.6 Å². The summed E-state index contributed by atoms with van der Waals surface area (Å²) in [5, 5.41) is 9.79. The van der Waals surface area contributed by atoms with Crippen LogP contribution in [-0.2, 0) is 17.1 Å². The Balaban J connectivity index is 2.34. The number of alkyl halides is 6. The monoisotopic (exact) mass is 403 g/mol. The first-order valence-electron chi connectivity index (χ1n) is 7.00. The van der Waals surface area contributed by atoms with Gasteiger partial charge in [0, 0.05) is 0 Å². The van der Waals surface area contributed by atoms with Gasteiger partial charge in [-0.05, 0) is 20.8 Å². The maximum atomic E-state index is 12.9. The molecule has 0 saturated heterocycles. The smallest absolute Gasteiger partial charge is 0.321 e. The highest BCUT2D eigenvalue weighted by molar-refractivity contribution is 6.32. The van der Waals surface area contributed by atoms with Crippen LogP contribution in [0.4, 0.5) is 32.0 Å². The van der Waals surface area contributed by atoms with Crippen LogP contribution in [-0.4, -0.2) is 25.9 Å². The van der Waals surface area contributed by atoms with Crippen LogP contribution in [0.2, 0.25) is 5.02 Å². The fourth-order valence-corrected chi connectivity index (χ4v) is 2.41. The van der Waals surface area contributed by atoms with E-state index in [0.29, 0.717) is 4.68 Å². The van der Waals surface area contributed by atoms with Gasteiger partial charge in [-0.3, -0.25) is 14.6 Å². The SMILES string of the molecule is Cc1[nH]nc(C(F)(F)F)c1NC(=O)C(C)n1nc(C(F)(F)F)c(Cl)c1C. The zero-order chi connectivity index (χ0) is 20.0. The Labute approximate surface area is 147 Å². The molecule has 0 aliphatic heterocycles. The normalized spacial score (nSPS) is 13.8. The second-order valence-electron chi connectivity index (χ2n) is 5.43. The maximum Gasteiger partial charge on any atom is 0.437 e. The molecule has 1 unspecified atom stereocenters. The standard InChI is InChI=1S/C13H12ClF6N5O/c1-4-8(10(23-22-4)13(18,19)20)21-11(26)6(3)25-5(2)7(14)9(24-25)12(15,16)17/h6H,1-3H3,(H,21,26)(H,22,23). The van der Waals surface area contributed by atoms with E-state index in [1.165, 1.54) is 20.8 Å². The Morgan fingerprint density at radius 1 is 1.15 bits per heavy atom. The molecule has 0 aromatic carbocycles. The summed E-state index contributed by atoms with van der Waals surface area (Å²) in [7, 11) is 0. The Bertz CT molecular complexity index is 837. The Kier molecular flexibility index (Phi) is 5.01. The Morgan fingerprint density at radius 3 is 2.15 bits per heavy atom. The summed E-state index contributed by atoms with van der Waals surface area (Å²) in [4.78, 5) is 12.3. The van der Waals surface area contributed by atoms with Gasteiger partial charge in [-0.25, -0.2) is 0 Å². The van der Waals surface area contributed by atoms with Crippen molar-refractivity contribution in [3.8, 4) is 0 Å². The summed E-state index contributed by atoms with van der Waals surface area (Å²) in [5.74, 6) is -1.02. The number of carbonyl (C=O) groups is 1. The van der Waals surface area contributed by atoms with Crippen molar-refractivity contribution in [3.63, 3.8) is 0 Å². The summed E-state index contributed by atoms with van der Waals surface area (Å²) in [6, 6.07) is -1.36. The Hall–Kier alpha value is -2.24. The summed E-state index contributed by atoms with van der Waals surface area (Å²) >= 11 is 5.60. The summed E-state index contributed by atoms with van der Waals surface area (Å²) in [5.41, 5.74) is -3.56. The summed E-state index contributed by atoms with van der Waals surface area (Å²) in [6.45, 7) is 3.63. The minimum Gasteiger partial charge on any atom is -0.321 e. The fourth-order valence-electron chi connectivity index (χ4n) is 2.18. The average molecular weight is 404 g/mol. The highest BCUT2D eigenvalue weighted by Gasteiger charge is 2.40. The minimum absolute atomic E-state index is 0.0657. The van der Waals surface area contributed by atoms with E-state index in [-0.39, 0.29) is 11.4 Å². The van der Waals surface area contributed by atoms with Crippen LogP contribution in [0.3, 0.4) is 0 Å². The molecular formula is C13H12ClF6N5O. The lowest BCUT2D eigenvalue weighted by Gasteiger charge is -2.15. The van der Waals surface area contributed by atoms with Crippen molar-refractivity contribution in [3.05, 3.63) is 27.8 Å². The van der Waals surface area contributed by atoms with Crippen molar-refractivity contribution in [2.75, 3.05) is 5.32 Å². The first-order chi connectivity index (χ1) is 11.7. The van der Waals surface area contributed by atoms with Crippen LogP contribution in [0.15, 0.2) is 0 Å². The third kappa shape index (κ3) is 3.64. The van der Waals surface area contributed by atoms with Crippen molar-refractivity contribution < 1.29 is 31.1 Å². The maximum absolute atomic E-state index is 12.9. The number of aryl methyl sites for hydroxylation is 1. The molecule has 2 aromatic rings. The van der Waals surface area contributed by atoms with Gasteiger partial charge in [0.25, 0.3) is 0 Å². The van der Waals surface area contributed by atoms with Crippen molar-refractivity contribution >= 4 is 23.2 Å². The molecule has 2 rings (SSSR count). The third-order valence-electron chi connectivity index (χ3n) is 3.56.